The summed E-state index contributed by atoms with van der Waals surface area (Å²) in [5.74, 6) is 1.84. The number of carbonyl (C=O) groups is 1. The molecule has 5 rings (SSSR count). The van der Waals surface area contributed by atoms with Crippen LogP contribution in [0.25, 0.3) is 11.0 Å². The molecule has 9 heteroatoms. The van der Waals surface area contributed by atoms with Crippen LogP contribution in [0.2, 0.25) is 0 Å². The maximum atomic E-state index is 12.7. The Labute approximate surface area is 204 Å². The number of nitrogens with one attached hydrogen (secondary N) is 2. The van der Waals surface area contributed by atoms with E-state index in [4.69, 9.17) is 9.15 Å². The first kappa shape index (κ1) is 23.4. The first-order valence-electron chi connectivity index (χ1n) is 12.1. The van der Waals surface area contributed by atoms with Crippen LogP contribution in [0.1, 0.15) is 49.8 Å². The molecule has 0 atom stereocenters. The molecule has 0 unspecified atom stereocenters. The van der Waals surface area contributed by atoms with Crippen LogP contribution in [0.3, 0.4) is 0 Å². The number of hydrogen-bond acceptors (Lipinski definition) is 6. The van der Waals surface area contributed by atoms with E-state index in [2.05, 4.69) is 15.0 Å². The quantitative estimate of drug-likeness (QED) is 0.520. The summed E-state index contributed by atoms with van der Waals surface area (Å²) in [5, 5.41) is 3.79. The number of carbonyl (C=O) groups excluding carboxylic acids is 1. The number of fused-ring (bicyclic) bond motifs is 3. The van der Waals surface area contributed by atoms with Gasteiger partial charge < -0.3 is 14.5 Å². The van der Waals surface area contributed by atoms with E-state index in [-0.39, 0.29) is 17.4 Å². The van der Waals surface area contributed by atoms with Gasteiger partial charge in [-0.15, -0.1) is 0 Å². The van der Waals surface area contributed by atoms with E-state index < -0.39 is 10.0 Å². The lowest BCUT2D eigenvalue weighted by Crippen LogP contribution is -2.30. The molecule has 0 saturated carbocycles. The van der Waals surface area contributed by atoms with Crippen LogP contribution in [0.15, 0.2) is 56.8 Å². The van der Waals surface area contributed by atoms with Gasteiger partial charge in [-0.2, -0.15) is 0 Å². The van der Waals surface area contributed by atoms with Gasteiger partial charge in [-0.3, -0.25) is 14.5 Å². The highest BCUT2D eigenvalue weighted by atomic mass is 32.2. The van der Waals surface area contributed by atoms with E-state index in [1.807, 2.05) is 12.1 Å². The lowest BCUT2D eigenvalue weighted by molar-refractivity contribution is -0.118. The SMILES string of the molecule is O=C(COc1ccc2oc3c(c2c1)CCCC3)Nc1ccc(S(=O)(=O)NC2=NCCCCC2)cc1. The van der Waals surface area contributed by atoms with Gasteiger partial charge in [0.2, 0.25) is 0 Å². The molecule has 2 aromatic carbocycles. The number of rotatable bonds is 6. The van der Waals surface area contributed by atoms with E-state index in [0.717, 1.165) is 61.7 Å². The lowest BCUT2D eigenvalue weighted by Gasteiger charge is -2.11. The second-order valence-corrected chi connectivity index (χ2v) is 10.7. The molecule has 0 saturated heterocycles. The summed E-state index contributed by atoms with van der Waals surface area (Å²) in [4.78, 5) is 16.9. The van der Waals surface area contributed by atoms with E-state index in [9.17, 15) is 13.2 Å². The predicted molar refractivity (Wildman–Crippen MR) is 135 cm³/mol. The van der Waals surface area contributed by atoms with Crippen molar-refractivity contribution in [3.63, 3.8) is 0 Å². The van der Waals surface area contributed by atoms with Crippen LogP contribution < -0.4 is 14.8 Å². The fraction of sp³-hybridized carbons (Fsp3) is 0.385. The molecule has 184 valence electrons. The zero-order valence-corrected chi connectivity index (χ0v) is 20.3. The molecule has 1 aliphatic carbocycles. The third kappa shape index (κ3) is 5.51. The Balaban J connectivity index is 1.18. The largest absolute Gasteiger partial charge is 0.484 e. The first-order valence-corrected chi connectivity index (χ1v) is 13.6. The van der Waals surface area contributed by atoms with Crippen LogP contribution in [0.5, 0.6) is 5.75 Å². The molecular weight excluding hydrogens is 466 g/mol. The number of ether oxygens (including phenoxy) is 1. The Kier molecular flexibility index (Phi) is 6.77. The van der Waals surface area contributed by atoms with E-state index in [1.165, 1.54) is 17.7 Å². The molecule has 1 aromatic heterocycles. The fourth-order valence-corrected chi connectivity index (χ4v) is 5.66. The molecule has 0 bridgehead atoms. The number of hydrogen-bond donors (Lipinski definition) is 2. The first-order chi connectivity index (χ1) is 17.0. The number of furan rings is 1. The van der Waals surface area contributed by atoms with Crippen molar-refractivity contribution in [3.05, 3.63) is 53.8 Å². The Bertz CT molecular complexity index is 1360. The minimum atomic E-state index is -3.71. The number of aryl methyl sites for hydroxylation is 2. The minimum Gasteiger partial charge on any atom is -0.484 e. The monoisotopic (exact) mass is 495 g/mol. The number of amides is 1. The van der Waals surface area contributed by atoms with E-state index >= 15 is 0 Å². The topological polar surface area (TPSA) is 110 Å². The number of anilines is 1. The number of amidine groups is 1. The average Bonchev–Trinajstić information content (AvgIpc) is 3.03. The summed E-state index contributed by atoms with van der Waals surface area (Å²) < 4.78 is 39.6. The molecular formula is C26H29N3O5S. The van der Waals surface area contributed by atoms with Crippen molar-refractivity contribution in [2.24, 2.45) is 4.99 Å². The number of sulfonamides is 1. The van der Waals surface area contributed by atoms with Gasteiger partial charge >= 0.3 is 0 Å². The Hall–Kier alpha value is -3.33. The van der Waals surface area contributed by atoms with Crippen molar-refractivity contribution >= 4 is 38.4 Å². The molecule has 2 N–H and O–H groups in total. The van der Waals surface area contributed by atoms with Crippen molar-refractivity contribution in [1.82, 2.24) is 4.72 Å². The number of aliphatic imine (C=N–C) groups is 1. The number of benzene rings is 2. The Morgan fingerprint density at radius 1 is 0.971 bits per heavy atom. The van der Waals surface area contributed by atoms with Crippen LogP contribution in [0.4, 0.5) is 5.69 Å². The molecule has 0 radical (unpaired) electrons. The van der Waals surface area contributed by atoms with Crippen molar-refractivity contribution < 1.29 is 22.4 Å². The summed E-state index contributed by atoms with van der Waals surface area (Å²) in [6.45, 7) is 0.482. The maximum Gasteiger partial charge on any atom is 0.262 e. The van der Waals surface area contributed by atoms with E-state index in [1.54, 1.807) is 18.2 Å². The van der Waals surface area contributed by atoms with Gasteiger partial charge in [-0.1, -0.05) is 6.42 Å². The van der Waals surface area contributed by atoms with Crippen LogP contribution in [-0.4, -0.2) is 33.3 Å². The van der Waals surface area contributed by atoms with Gasteiger partial charge in [0.15, 0.2) is 6.61 Å². The summed E-state index contributed by atoms with van der Waals surface area (Å²) in [6, 6.07) is 11.7. The summed E-state index contributed by atoms with van der Waals surface area (Å²) in [7, 11) is -3.71. The third-order valence-electron chi connectivity index (χ3n) is 6.37. The molecule has 0 spiro atoms. The molecule has 2 aliphatic rings. The third-order valence-corrected chi connectivity index (χ3v) is 7.77. The van der Waals surface area contributed by atoms with Gasteiger partial charge in [-0.05, 0) is 74.6 Å². The van der Waals surface area contributed by atoms with Crippen molar-refractivity contribution in [2.75, 3.05) is 18.5 Å². The molecule has 8 nitrogen and oxygen atoms in total. The summed E-state index contributed by atoms with van der Waals surface area (Å²) >= 11 is 0. The lowest BCUT2D eigenvalue weighted by atomic mass is 9.96. The highest BCUT2D eigenvalue weighted by Crippen LogP contribution is 2.34. The van der Waals surface area contributed by atoms with Crippen LogP contribution in [-0.2, 0) is 27.7 Å². The molecule has 3 aromatic rings. The van der Waals surface area contributed by atoms with Gasteiger partial charge in [0.25, 0.3) is 15.9 Å². The van der Waals surface area contributed by atoms with Crippen LogP contribution >= 0.6 is 0 Å². The van der Waals surface area contributed by atoms with Crippen molar-refractivity contribution in [2.45, 2.75) is 56.3 Å². The Morgan fingerprint density at radius 3 is 2.63 bits per heavy atom. The van der Waals surface area contributed by atoms with Crippen molar-refractivity contribution in [3.8, 4) is 5.75 Å². The fourth-order valence-electron chi connectivity index (χ4n) is 4.57. The summed E-state index contributed by atoms with van der Waals surface area (Å²) in [6.07, 6.45) is 7.84. The maximum absolute atomic E-state index is 12.7. The molecule has 2 heterocycles. The second-order valence-electron chi connectivity index (χ2n) is 8.97. The predicted octanol–water partition coefficient (Wildman–Crippen LogP) is 4.58. The Morgan fingerprint density at radius 2 is 1.77 bits per heavy atom. The standard InChI is InChI=1S/C26H29N3O5S/c30-26(17-33-19-11-14-24-22(16-19)21-6-3-4-7-23(21)34-24)28-18-9-12-20(13-10-18)35(31,32)29-25-8-2-1-5-15-27-25/h9-14,16H,1-8,15,17H2,(H,27,29)(H,28,30). The van der Waals surface area contributed by atoms with Gasteiger partial charge in [-0.25, -0.2) is 8.42 Å². The molecule has 1 amide bonds. The zero-order chi connectivity index (χ0) is 24.3. The highest BCUT2D eigenvalue weighted by Gasteiger charge is 2.19. The molecule has 0 fully saturated rings. The zero-order valence-electron chi connectivity index (χ0n) is 19.5. The average molecular weight is 496 g/mol. The van der Waals surface area contributed by atoms with Gasteiger partial charge in [0, 0.05) is 36.0 Å². The molecule has 1 aliphatic heterocycles. The second kappa shape index (κ2) is 10.1. The molecule has 35 heavy (non-hydrogen) atoms. The highest BCUT2D eigenvalue weighted by molar-refractivity contribution is 7.90. The number of nitrogens with zero attached hydrogens (tertiary/aromatic N) is 1. The van der Waals surface area contributed by atoms with Gasteiger partial charge in [0.05, 0.1) is 4.90 Å². The normalized spacial score (nSPS) is 16.2. The van der Waals surface area contributed by atoms with Crippen molar-refractivity contribution in [1.29, 1.82) is 0 Å². The smallest absolute Gasteiger partial charge is 0.262 e. The van der Waals surface area contributed by atoms with E-state index in [0.29, 0.717) is 30.2 Å². The van der Waals surface area contributed by atoms with Crippen LogP contribution in [0, 0.1) is 0 Å². The summed E-state index contributed by atoms with van der Waals surface area (Å²) in [5.41, 5.74) is 2.59. The van der Waals surface area contributed by atoms with Gasteiger partial charge in [0.1, 0.15) is 22.9 Å². The minimum absolute atomic E-state index is 0.121.